The lowest BCUT2D eigenvalue weighted by molar-refractivity contribution is 0.758. The van der Waals surface area contributed by atoms with Gasteiger partial charge in [0.2, 0.25) is 0 Å². The molecule has 0 spiro atoms. The van der Waals surface area contributed by atoms with Crippen LogP contribution in [-0.4, -0.2) is 11.7 Å². The Morgan fingerprint density at radius 3 is 2.75 bits per heavy atom. The summed E-state index contributed by atoms with van der Waals surface area (Å²) in [6.45, 7) is 3.00. The van der Waals surface area contributed by atoms with Crippen molar-refractivity contribution in [2.24, 2.45) is 0 Å². The predicted octanol–water partition coefficient (Wildman–Crippen LogP) is 4.08. The summed E-state index contributed by atoms with van der Waals surface area (Å²) >= 11 is 16.9. The second kappa shape index (κ2) is 6.94. The molecule has 2 N–H and O–H groups in total. The van der Waals surface area contributed by atoms with Crippen molar-refractivity contribution in [3.63, 3.8) is 0 Å². The fourth-order valence-corrected chi connectivity index (χ4v) is 1.80. The third-order valence-corrected chi connectivity index (χ3v) is 2.79. The standard InChI is InChI=1S/C11H14Cl2N2S/c1-2-3-6-14-11(16)15-10-5-4-8(12)7-9(10)13/h4-5,7H,2-3,6H2,1H3,(H2,14,15,16). The summed E-state index contributed by atoms with van der Waals surface area (Å²) in [7, 11) is 0. The average molecular weight is 277 g/mol. The maximum atomic E-state index is 6.00. The molecule has 0 bridgehead atoms. The van der Waals surface area contributed by atoms with E-state index in [1.807, 2.05) is 0 Å². The normalized spacial score (nSPS) is 9.94. The van der Waals surface area contributed by atoms with Crippen LogP contribution in [0.3, 0.4) is 0 Å². The molecule has 1 aromatic carbocycles. The lowest BCUT2D eigenvalue weighted by atomic mass is 10.3. The molecule has 16 heavy (non-hydrogen) atoms. The molecule has 88 valence electrons. The summed E-state index contributed by atoms with van der Waals surface area (Å²) in [5.74, 6) is 0. The highest BCUT2D eigenvalue weighted by Crippen LogP contribution is 2.25. The fourth-order valence-electron chi connectivity index (χ4n) is 1.14. The van der Waals surface area contributed by atoms with E-state index in [-0.39, 0.29) is 0 Å². The smallest absolute Gasteiger partial charge is 0.170 e. The summed E-state index contributed by atoms with van der Waals surface area (Å²) in [5, 5.41) is 7.88. The summed E-state index contributed by atoms with van der Waals surface area (Å²) in [6.07, 6.45) is 2.23. The molecule has 0 amide bonds. The molecule has 0 heterocycles. The van der Waals surface area contributed by atoms with Crippen molar-refractivity contribution in [2.45, 2.75) is 19.8 Å². The van der Waals surface area contributed by atoms with E-state index in [9.17, 15) is 0 Å². The van der Waals surface area contributed by atoms with Gasteiger partial charge in [0.15, 0.2) is 5.11 Å². The van der Waals surface area contributed by atoms with Gasteiger partial charge in [0.25, 0.3) is 0 Å². The summed E-state index contributed by atoms with van der Waals surface area (Å²) < 4.78 is 0. The van der Waals surface area contributed by atoms with E-state index in [1.165, 1.54) is 0 Å². The van der Waals surface area contributed by atoms with Crippen molar-refractivity contribution >= 4 is 46.2 Å². The van der Waals surface area contributed by atoms with Gasteiger partial charge in [-0.1, -0.05) is 36.5 Å². The largest absolute Gasteiger partial charge is 0.362 e. The van der Waals surface area contributed by atoms with Crippen LogP contribution in [0.25, 0.3) is 0 Å². The highest BCUT2D eigenvalue weighted by atomic mass is 35.5. The van der Waals surface area contributed by atoms with Gasteiger partial charge in [-0.25, -0.2) is 0 Å². The molecule has 0 aliphatic carbocycles. The van der Waals surface area contributed by atoms with Gasteiger partial charge in [0.1, 0.15) is 0 Å². The van der Waals surface area contributed by atoms with Crippen LogP contribution in [0, 0.1) is 0 Å². The van der Waals surface area contributed by atoms with E-state index in [0.29, 0.717) is 15.2 Å². The number of thiocarbonyl (C=S) groups is 1. The fraction of sp³-hybridized carbons (Fsp3) is 0.364. The van der Waals surface area contributed by atoms with Gasteiger partial charge in [-0.3, -0.25) is 0 Å². The topological polar surface area (TPSA) is 24.1 Å². The summed E-state index contributed by atoms with van der Waals surface area (Å²) in [6, 6.07) is 5.25. The second-order valence-corrected chi connectivity index (χ2v) is 4.61. The van der Waals surface area contributed by atoms with Crippen molar-refractivity contribution in [2.75, 3.05) is 11.9 Å². The van der Waals surface area contributed by atoms with Gasteiger partial charge in [0.05, 0.1) is 10.7 Å². The van der Waals surface area contributed by atoms with Gasteiger partial charge in [0, 0.05) is 11.6 Å². The molecule has 1 aromatic rings. The van der Waals surface area contributed by atoms with Crippen LogP contribution in [0.1, 0.15) is 19.8 Å². The first-order valence-electron chi connectivity index (χ1n) is 5.13. The van der Waals surface area contributed by atoms with E-state index >= 15 is 0 Å². The zero-order valence-corrected chi connectivity index (χ0v) is 11.3. The van der Waals surface area contributed by atoms with Crippen LogP contribution < -0.4 is 10.6 Å². The molecule has 0 aliphatic heterocycles. The van der Waals surface area contributed by atoms with E-state index in [4.69, 9.17) is 35.4 Å². The summed E-state index contributed by atoms with van der Waals surface area (Å²) in [5.41, 5.74) is 0.764. The molecule has 0 saturated heterocycles. The number of benzene rings is 1. The highest BCUT2D eigenvalue weighted by molar-refractivity contribution is 7.80. The molecular weight excluding hydrogens is 263 g/mol. The zero-order chi connectivity index (χ0) is 12.0. The van der Waals surface area contributed by atoms with E-state index in [0.717, 1.165) is 25.1 Å². The molecule has 0 aliphatic rings. The third kappa shape index (κ3) is 4.56. The molecule has 2 nitrogen and oxygen atoms in total. The summed E-state index contributed by atoms with van der Waals surface area (Å²) in [4.78, 5) is 0. The first kappa shape index (κ1) is 13.6. The minimum atomic E-state index is 0.562. The second-order valence-electron chi connectivity index (χ2n) is 3.36. The Kier molecular flexibility index (Phi) is 5.88. The number of hydrogen-bond acceptors (Lipinski definition) is 1. The van der Waals surface area contributed by atoms with Crippen LogP contribution in [0.2, 0.25) is 10.0 Å². The maximum absolute atomic E-state index is 6.00. The number of hydrogen-bond donors (Lipinski definition) is 2. The highest BCUT2D eigenvalue weighted by Gasteiger charge is 2.02. The number of rotatable bonds is 4. The number of nitrogens with one attached hydrogen (secondary N) is 2. The quantitative estimate of drug-likeness (QED) is 0.640. The Hall–Kier alpha value is -0.510. The van der Waals surface area contributed by atoms with E-state index < -0.39 is 0 Å². The monoisotopic (exact) mass is 276 g/mol. The van der Waals surface area contributed by atoms with Crippen LogP contribution >= 0.6 is 35.4 Å². The van der Waals surface area contributed by atoms with Gasteiger partial charge in [-0.15, -0.1) is 0 Å². The predicted molar refractivity (Wildman–Crippen MR) is 75.6 cm³/mol. The Morgan fingerprint density at radius 2 is 2.12 bits per heavy atom. The van der Waals surface area contributed by atoms with Crippen LogP contribution in [0.4, 0.5) is 5.69 Å². The molecule has 0 atom stereocenters. The first-order chi connectivity index (χ1) is 7.63. The molecule has 0 unspecified atom stereocenters. The lowest BCUT2D eigenvalue weighted by Gasteiger charge is -2.11. The molecule has 5 heteroatoms. The molecule has 1 rings (SSSR count). The minimum absolute atomic E-state index is 0.562. The van der Waals surface area contributed by atoms with Crippen molar-refractivity contribution in [1.82, 2.24) is 5.32 Å². The van der Waals surface area contributed by atoms with Gasteiger partial charge in [-0.2, -0.15) is 0 Å². The van der Waals surface area contributed by atoms with Crippen molar-refractivity contribution in [3.8, 4) is 0 Å². The van der Waals surface area contributed by atoms with Crippen LogP contribution in [0.15, 0.2) is 18.2 Å². The minimum Gasteiger partial charge on any atom is -0.362 e. The van der Waals surface area contributed by atoms with Gasteiger partial charge < -0.3 is 10.6 Å². The van der Waals surface area contributed by atoms with Gasteiger partial charge >= 0.3 is 0 Å². The lowest BCUT2D eigenvalue weighted by Crippen LogP contribution is -2.29. The molecule has 0 fully saturated rings. The third-order valence-electron chi connectivity index (χ3n) is 2.00. The first-order valence-corrected chi connectivity index (χ1v) is 6.29. The molecule has 0 radical (unpaired) electrons. The van der Waals surface area contributed by atoms with E-state index in [2.05, 4.69) is 17.6 Å². The number of halogens is 2. The Morgan fingerprint density at radius 1 is 1.38 bits per heavy atom. The van der Waals surface area contributed by atoms with Crippen molar-refractivity contribution in [3.05, 3.63) is 28.2 Å². The van der Waals surface area contributed by atoms with Crippen molar-refractivity contribution < 1.29 is 0 Å². The van der Waals surface area contributed by atoms with E-state index in [1.54, 1.807) is 18.2 Å². The molecule has 0 saturated carbocycles. The van der Waals surface area contributed by atoms with Crippen molar-refractivity contribution in [1.29, 1.82) is 0 Å². The van der Waals surface area contributed by atoms with Gasteiger partial charge in [-0.05, 0) is 36.8 Å². The van der Waals surface area contributed by atoms with Crippen LogP contribution in [-0.2, 0) is 0 Å². The average Bonchev–Trinajstić information content (AvgIpc) is 2.23. The SMILES string of the molecule is CCCCNC(=S)Nc1ccc(Cl)cc1Cl. The maximum Gasteiger partial charge on any atom is 0.170 e. The number of anilines is 1. The molecule has 0 aromatic heterocycles. The number of unbranched alkanes of at least 4 members (excludes halogenated alkanes) is 1. The zero-order valence-electron chi connectivity index (χ0n) is 9.02. The Labute approximate surface area is 111 Å². The molecular formula is C11H14Cl2N2S. The Balaban J connectivity index is 2.49. The van der Waals surface area contributed by atoms with Crippen LogP contribution in [0.5, 0.6) is 0 Å². The Bertz CT molecular complexity index is 369.